The van der Waals surface area contributed by atoms with E-state index in [0.29, 0.717) is 12.8 Å². The molecule has 2 aliphatic rings. The molecule has 0 radical (unpaired) electrons. The van der Waals surface area contributed by atoms with Gasteiger partial charge in [-0.05, 0) is 26.7 Å². The highest BCUT2D eigenvalue weighted by Gasteiger charge is 2.27. The summed E-state index contributed by atoms with van der Waals surface area (Å²) < 4.78 is 10.5. The minimum atomic E-state index is -0.559. The molecule has 186 valence electrons. The van der Waals surface area contributed by atoms with E-state index in [1.54, 1.807) is 13.8 Å². The number of hydrogen-bond acceptors (Lipinski definition) is 8. The first-order valence-corrected chi connectivity index (χ1v) is 11.6. The monoisotopic (exact) mass is 476 g/mol. The van der Waals surface area contributed by atoms with Gasteiger partial charge in [-0.3, -0.25) is 38.6 Å². The van der Waals surface area contributed by atoms with Crippen molar-refractivity contribution in [1.82, 2.24) is 9.80 Å². The normalized spacial score (nSPS) is 17.0. The molecule has 34 heavy (non-hydrogen) atoms. The predicted octanol–water partition coefficient (Wildman–Crippen LogP) is 1.82. The van der Waals surface area contributed by atoms with Gasteiger partial charge in [0, 0.05) is 37.1 Å². The summed E-state index contributed by atoms with van der Waals surface area (Å²) in [5, 5.41) is 0. The SMILES string of the molecule is CC(CN1C(=O)C=CC1=O)OC(=O)CCCCCCCCC(=O)OC(C)CN1C(=O)C=CC1=O. The Bertz CT molecular complexity index is 757. The molecule has 2 rings (SSSR count). The van der Waals surface area contributed by atoms with Gasteiger partial charge in [0.25, 0.3) is 23.6 Å². The second-order valence-electron chi connectivity index (χ2n) is 8.46. The Kier molecular flexibility index (Phi) is 10.6. The fraction of sp³-hybridized carbons (Fsp3) is 0.583. The van der Waals surface area contributed by atoms with Crippen LogP contribution in [0.5, 0.6) is 0 Å². The molecule has 0 fully saturated rings. The first-order chi connectivity index (χ1) is 16.2. The summed E-state index contributed by atoms with van der Waals surface area (Å²) in [5.41, 5.74) is 0. The van der Waals surface area contributed by atoms with Crippen LogP contribution in [0.4, 0.5) is 0 Å². The maximum Gasteiger partial charge on any atom is 0.306 e. The summed E-state index contributed by atoms with van der Waals surface area (Å²) in [6.45, 7) is 3.38. The molecule has 2 unspecified atom stereocenters. The summed E-state index contributed by atoms with van der Waals surface area (Å²) in [4.78, 5) is 72.0. The van der Waals surface area contributed by atoms with Gasteiger partial charge < -0.3 is 9.47 Å². The Balaban J connectivity index is 1.44. The van der Waals surface area contributed by atoms with E-state index in [2.05, 4.69) is 0 Å². The minimum absolute atomic E-state index is 0.0450. The van der Waals surface area contributed by atoms with Gasteiger partial charge in [-0.1, -0.05) is 25.7 Å². The number of carbonyl (C=O) groups excluding carboxylic acids is 6. The zero-order valence-corrected chi connectivity index (χ0v) is 19.7. The van der Waals surface area contributed by atoms with Crippen LogP contribution in [-0.2, 0) is 38.2 Å². The number of imide groups is 2. The van der Waals surface area contributed by atoms with Crippen molar-refractivity contribution in [3.05, 3.63) is 24.3 Å². The van der Waals surface area contributed by atoms with Crippen molar-refractivity contribution in [2.24, 2.45) is 0 Å². The molecule has 10 nitrogen and oxygen atoms in total. The van der Waals surface area contributed by atoms with Gasteiger partial charge in [-0.2, -0.15) is 0 Å². The molecule has 2 atom stereocenters. The number of ether oxygens (including phenoxy) is 2. The molecule has 2 heterocycles. The Morgan fingerprint density at radius 3 is 1.24 bits per heavy atom. The molecule has 0 saturated heterocycles. The lowest BCUT2D eigenvalue weighted by atomic mass is 10.1. The average molecular weight is 477 g/mol. The van der Waals surface area contributed by atoms with Crippen molar-refractivity contribution in [2.75, 3.05) is 13.1 Å². The van der Waals surface area contributed by atoms with E-state index in [9.17, 15) is 28.8 Å². The zero-order chi connectivity index (χ0) is 25.1. The lowest BCUT2D eigenvalue weighted by Crippen LogP contribution is -2.37. The van der Waals surface area contributed by atoms with Crippen molar-refractivity contribution in [3.8, 4) is 0 Å². The molecular formula is C24H32N2O8. The van der Waals surface area contributed by atoms with Crippen LogP contribution in [0.3, 0.4) is 0 Å². The second-order valence-corrected chi connectivity index (χ2v) is 8.46. The molecule has 0 saturated carbocycles. The number of amides is 4. The number of rotatable bonds is 15. The van der Waals surface area contributed by atoms with Gasteiger partial charge in [0.05, 0.1) is 13.1 Å². The predicted molar refractivity (Wildman–Crippen MR) is 120 cm³/mol. The van der Waals surface area contributed by atoms with E-state index in [1.165, 1.54) is 24.3 Å². The maximum absolute atomic E-state index is 11.9. The van der Waals surface area contributed by atoms with E-state index in [0.717, 1.165) is 35.5 Å². The van der Waals surface area contributed by atoms with E-state index in [4.69, 9.17) is 9.47 Å². The molecule has 0 spiro atoms. The number of unbranched alkanes of at least 4 members (excludes halogenated alkanes) is 5. The van der Waals surface area contributed by atoms with E-state index in [1.807, 2.05) is 0 Å². The summed E-state index contributed by atoms with van der Waals surface area (Å²) in [6.07, 6.45) is 9.10. The topological polar surface area (TPSA) is 127 Å². The van der Waals surface area contributed by atoms with Crippen LogP contribution in [0.25, 0.3) is 0 Å². The van der Waals surface area contributed by atoms with Crippen molar-refractivity contribution in [3.63, 3.8) is 0 Å². The molecule has 2 aliphatic heterocycles. The second kappa shape index (κ2) is 13.4. The third-order valence-electron chi connectivity index (χ3n) is 5.36. The standard InChI is InChI=1S/C24H32N2O8/c1-17(15-25-19(27)11-12-20(25)28)33-23(31)9-7-5-3-4-6-8-10-24(32)34-18(2)16-26-21(29)13-14-22(26)30/h11-14,17-18H,3-10,15-16H2,1-2H3. The third-order valence-corrected chi connectivity index (χ3v) is 5.36. The molecule has 0 N–H and O–H groups in total. The van der Waals surface area contributed by atoms with Gasteiger partial charge in [0.15, 0.2) is 0 Å². The van der Waals surface area contributed by atoms with Gasteiger partial charge in [0.1, 0.15) is 12.2 Å². The quantitative estimate of drug-likeness (QED) is 0.199. The van der Waals surface area contributed by atoms with Crippen molar-refractivity contribution < 1.29 is 38.2 Å². The van der Waals surface area contributed by atoms with E-state index < -0.39 is 35.8 Å². The average Bonchev–Trinajstić information content (AvgIpc) is 3.25. The summed E-state index contributed by atoms with van der Waals surface area (Å²) >= 11 is 0. The van der Waals surface area contributed by atoms with Crippen molar-refractivity contribution >= 4 is 35.6 Å². The number of nitrogens with zero attached hydrogens (tertiary/aromatic N) is 2. The summed E-state index contributed by atoms with van der Waals surface area (Å²) in [7, 11) is 0. The van der Waals surface area contributed by atoms with E-state index >= 15 is 0 Å². The fourth-order valence-electron chi connectivity index (χ4n) is 3.62. The van der Waals surface area contributed by atoms with Crippen LogP contribution in [-0.4, -0.2) is 70.7 Å². The Hall–Kier alpha value is -3.30. The zero-order valence-electron chi connectivity index (χ0n) is 19.7. The van der Waals surface area contributed by atoms with Crippen LogP contribution in [0, 0.1) is 0 Å². The van der Waals surface area contributed by atoms with Crippen LogP contribution in [0.2, 0.25) is 0 Å². The molecule has 0 aromatic heterocycles. The molecule has 0 aromatic rings. The summed E-state index contributed by atoms with van der Waals surface area (Å²) in [6, 6.07) is 0. The Morgan fingerprint density at radius 2 is 0.912 bits per heavy atom. The van der Waals surface area contributed by atoms with Crippen molar-refractivity contribution in [2.45, 2.75) is 77.4 Å². The first-order valence-electron chi connectivity index (χ1n) is 11.6. The maximum atomic E-state index is 11.9. The van der Waals surface area contributed by atoms with Gasteiger partial charge in [0.2, 0.25) is 0 Å². The minimum Gasteiger partial charge on any atom is -0.461 e. The van der Waals surface area contributed by atoms with Crippen LogP contribution in [0.1, 0.15) is 65.2 Å². The lowest BCUT2D eigenvalue weighted by molar-refractivity contribution is -0.152. The highest BCUT2D eigenvalue weighted by molar-refractivity contribution is 6.13. The molecule has 0 aliphatic carbocycles. The van der Waals surface area contributed by atoms with E-state index in [-0.39, 0.29) is 37.9 Å². The number of carbonyl (C=O) groups is 6. The Morgan fingerprint density at radius 1 is 0.618 bits per heavy atom. The van der Waals surface area contributed by atoms with Crippen LogP contribution < -0.4 is 0 Å². The largest absolute Gasteiger partial charge is 0.461 e. The molecule has 0 aromatic carbocycles. The van der Waals surface area contributed by atoms with Gasteiger partial charge >= 0.3 is 11.9 Å². The van der Waals surface area contributed by atoms with Crippen LogP contribution >= 0.6 is 0 Å². The van der Waals surface area contributed by atoms with Crippen molar-refractivity contribution in [1.29, 1.82) is 0 Å². The van der Waals surface area contributed by atoms with Gasteiger partial charge in [-0.15, -0.1) is 0 Å². The Labute approximate surface area is 198 Å². The molecule has 10 heteroatoms. The highest BCUT2D eigenvalue weighted by Crippen LogP contribution is 2.12. The van der Waals surface area contributed by atoms with Gasteiger partial charge in [-0.25, -0.2) is 0 Å². The summed E-state index contributed by atoms with van der Waals surface area (Å²) in [5.74, 6) is -2.31. The molecule has 4 amide bonds. The fourth-order valence-corrected chi connectivity index (χ4v) is 3.62. The highest BCUT2D eigenvalue weighted by atomic mass is 16.5. The third kappa shape index (κ3) is 8.92. The smallest absolute Gasteiger partial charge is 0.306 e. The van der Waals surface area contributed by atoms with Crippen LogP contribution in [0.15, 0.2) is 24.3 Å². The lowest BCUT2D eigenvalue weighted by Gasteiger charge is -2.19. The molecule has 0 bridgehead atoms. The first kappa shape index (κ1) is 26.9. The number of hydrogen-bond donors (Lipinski definition) is 0. The number of esters is 2. The molecular weight excluding hydrogens is 444 g/mol.